The van der Waals surface area contributed by atoms with E-state index in [1.807, 2.05) is 18.7 Å². The number of rotatable bonds is 6. The van der Waals surface area contributed by atoms with Crippen LogP contribution in [-0.2, 0) is 4.79 Å². The molecule has 0 spiro atoms. The third kappa shape index (κ3) is 4.37. The molecule has 6 heteroatoms. The summed E-state index contributed by atoms with van der Waals surface area (Å²) < 4.78 is 0. The zero-order valence-electron chi connectivity index (χ0n) is 12.8. The van der Waals surface area contributed by atoms with Crippen LogP contribution in [0.4, 0.5) is 4.79 Å². The Hall–Kier alpha value is -1.30. The van der Waals surface area contributed by atoms with Gasteiger partial charge in [0.2, 0.25) is 0 Å². The first-order valence-corrected chi connectivity index (χ1v) is 7.50. The van der Waals surface area contributed by atoms with Crippen LogP contribution >= 0.6 is 0 Å². The maximum Gasteiger partial charge on any atom is 0.320 e. The van der Waals surface area contributed by atoms with Crippen molar-refractivity contribution in [1.29, 1.82) is 0 Å². The van der Waals surface area contributed by atoms with Gasteiger partial charge in [0.1, 0.15) is 0 Å². The Balaban J connectivity index is 2.68. The summed E-state index contributed by atoms with van der Waals surface area (Å²) in [7, 11) is 0. The van der Waals surface area contributed by atoms with Crippen molar-refractivity contribution in [2.45, 2.75) is 39.7 Å². The lowest BCUT2D eigenvalue weighted by molar-refractivity contribution is -0.141. The summed E-state index contributed by atoms with van der Waals surface area (Å²) in [4.78, 5) is 27.1. The van der Waals surface area contributed by atoms with Gasteiger partial charge in [-0.2, -0.15) is 0 Å². The Morgan fingerprint density at radius 2 is 1.85 bits per heavy atom. The van der Waals surface area contributed by atoms with Crippen LogP contribution in [0.5, 0.6) is 0 Å². The number of piperidine rings is 1. The number of carboxylic acid groups (broad SMARTS) is 1. The fraction of sp³-hybridized carbons (Fsp3) is 0.857. The van der Waals surface area contributed by atoms with E-state index in [1.54, 1.807) is 11.8 Å². The maximum atomic E-state index is 12.6. The van der Waals surface area contributed by atoms with Crippen LogP contribution in [0.2, 0.25) is 0 Å². The molecule has 2 N–H and O–H groups in total. The Bertz CT molecular complexity index is 330. The highest BCUT2D eigenvalue weighted by Crippen LogP contribution is 2.15. The molecule has 1 rings (SSSR count). The lowest BCUT2D eigenvalue weighted by atomic mass is 10.1. The molecule has 6 nitrogen and oxygen atoms in total. The molecule has 1 unspecified atom stereocenters. The van der Waals surface area contributed by atoms with Gasteiger partial charge in [-0.3, -0.25) is 4.79 Å². The number of urea groups is 1. The van der Waals surface area contributed by atoms with Gasteiger partial charge in [0.25, 0.3) is 0 Å². The largest absolute Gasteiger partial charge is 0.481 e. The van der Waals surface area contributed by atoms with Gasteiger partial charge in [-0.15, -0.1) is 0 Å². The van der Waals surface area contributed by atoms with Gasteiger partial charge >= 0.3 is 12.0 Å². The molecule has 0 aromatic rings. The van der Waals surface area contributed by atoms with Gasteiger partial charge < -0.3 is 20.2 Å². The van der Waals surface area contributed by atoms with Crippen LogP contribution < -0.4 is 5.32 Å². The fourth-order valence-electron chi connectivity index (χ4n) is 2.60. The molecule has 0 bridgehead atoms. The number of aliphatic carboxylic acids is 1. The topological polar surface area (TPSA) is 72.9 Å². The molecule has 1 heterocycles. The molecule has 0 radical (unpaired) electrons. The van der Waals surface area contributed by atoms with E-state index in [-0.39, 0.29) is 18.6 Å². The molecule has 20 heavy (non-hydrogen) atoms. The molecule has 0 aromatic heterocycles. The molecule has 0 aliphatic carbocycles. The van der Waals surface area contributed by atoms with Crippen molar-refractivity contribution in [3.8, 4) is 0 Å². The molecule has 0 aromatic carbocycles. The summed E-state index contributed by atoms with van der Waals surface area (Å²) in [6.07, 6.45) is 1.93. The molecule has 0 saturated carbocycles. The van der Waals surface area contributed by atoms with Crippen LogP contribution in [0, 0.1) is 5.92 Å². The van der Waals surface area contributed by atoms with E-state index in [2.05, 4.69) is 5.32 Å². The predicted octanol–water partition coefficient (Wildman–Crippen LogP) is 1.22. The van der Waals surface area contributed by atoms with E-state index in [4.69, 9.17) is 5.11 Å². The van der Waals surface area contributed by atoms with Gasteiger partial charge in [-0.25, -0.2) is 4.79 Å². The number of hydrogen-bond donors (Lipinski definition) is 2. The van der Waals surface area contributed by atoms with E-state index in [0.717, 1.165) is 25.9 Å². The second-order valence-corrected chi connectivity index (χ2v) is 5.33. The minimum Gasteiger partial charge on any atom is -0.481 e. The average molecular weight is 285 g/mol. The quantitative estimate of drug-likeness (QED) is 0.769. The van der Waals surface area contributed by atoms with Crippen molar-refractivity contribution in [3.05, 3.63) is 0 Å². The van der Waals surface area contributed by atoms with Crippen LogP contribution in [0.3, 0.4) is 0 Å². The Kier molecular flexibility index (Phi) is 6.78. The molecule has 1 aliphatic rings. The molecular formula is C14H27N3O3. The number of amides is 2. The number of nitrogens with zero attached hydrogens (tertiary/aromatic N) is 2. The van der Waals surface area contributed by atoms with E-state index in [9.17, 15) is 9.59 Å². The molecule has 1 atom stereocenters. The molecule has 1 aliphatic heterocycles. The SMILES string of the molecule is CCN(CC(C)C(=O)O)C(=O)N(CC)C1CCNCC1. The second kappa shape index (κ2) is 8.09. The lowest BCUT2D eigenvalue weighted by Crippen LogP contribution is -2.52. The van der Waals surface area contributed by atoms with Crippen molar-refractivity contribution >= 4 is 12.0 Å². The Morgan fingerprint density at radius 3 is 2.30 bits per heavy atom. The summed E-state index contributed by atoms with van der Waals surface area (Å²) in [5.74, 6) is -1.40. The van der Waals surface area contributed by atoms with Crippen molar-refractivity contribution in [3.63, 3.8) is 0 Å². The predicted molar refractivity (Wildman–Crippen MR) is 77.7 cm³/mol. The molecule has 1 fully saturated rings. The highest BCUT2D eigenvalue weighted by atomic mass is 16.4. The van der Waals surface area contributed by atoms with Crippen LogP contribution in [0.1, 0.15) is 33.6 Å². The van der Waals surface area contributed by atoms with E-state index in [1.165, 1.54) is 0 Å². The first-order valence-electron chi connectivity index (χ1n) is 7.50. The highest BCUT2D eigenvalue weighted by Gasteiger charge is 2.28. The summed E-state index contributed by atoms with van der Waals surface area (Å²) in [6, 6.07) is 0.234. The zero-order valence-corrected chi connectivity index (χ0v) is 12.8. The lowest BCUT2D eigenvalue weighted by Gasteiger charge is -2.37. The molecule has 2 amide bonds. The van der Waals surface area contributed by atoms with Gasteiger partial charge in [0.05, 0.1) is 5.92 Å². The Morgan fingerprint density at radius 1 is 1.25 bits per heavy atom. The Labute approximate surface area is 121 Å². The number of carbonyl (C=O) groups excluding carboxylic acids is 1. The zero-order chi connectivity index (χ0) is 15.1. The van der Waals surface area contributed by atoms with Crippen molar-refractivity contribution in [2.75, 3.05) is 32.7 Å². The van der Waals surface area contributed by atoms with E-state index < -0.39 is 11.9 Å². The second-order valence-electron chi connectivity index (χ2n) is 5.33. The first kappa shape index (κ1) is 16.8. The number of carbonyl (C=O) groups is 2. The molecule has 1 saturated heterocycles. The van der Waals surface area contributed by atoms with Crippen LogP contribution in [-0.4, -0.2) is 65.7 Å². The van der Waals surface area contributed by atoms with E-state index >= 15 is 0 Å². The summed E-state index contributed by atoms with van der Waals surface area (Å²) >= 11 is 0. The average Bonchev–Trinajstić information content (AvgIpc) is 2.46. The van der Waals surface area contributed by atoms with Crippen LogP contribution in [0.25, 0.3) is 0 Å². The fourth-order valence-corrected chi connectivity index (χ4v) is 2.60. The highest BCUT2D eigenvalue weighted by molar-refractivity contribution is 5.76. The van der Waals surface area contributed by atoms with Gasteiger partial charge in [0.15, 0.2) is 0 Å². The van der Waals surface area contributed by atoms with Gasteiger partial charge in [-0.05, 0) is 39.8 Å². The third-order valence-corrected chi connectivity index (χ3v) is 3.90. The molecule has 116 valence electrons. The first-order chi connectivity index (χ1) is 9.51. The standard InChI is InChI=1S/C14H27N3O3/c1-4-16(10-11(3)13(18)19)14(20)17(5-2)12-6-8-15-9-7-12/h11-12,15H,4-10H2,1-3H3,(H,18,19). The molecular weight excluding hydrogens is 258 g/mol. The normalized spacial score (nSPS) is 17.6. The van der Waals surface area contributed by atoms with Gasteiger partial charge in [-0.1, -0.05) is 6.92 Å². The summed E-state index contributed by atoms with van der Waals surface area (Å²) in [5, 5.41) is 12.3. The summed E-state index contributed by atoms with van der Waals surface area (Å²) in [6.45, 7) is 8.86. The third-order valence-electron chi connectivity index (χ3n) is 3.90. The number of carboxylic acids is 1. The van der Waals surface area contributed by atoms with Crippen molar-refractivity contribution < 1.29 is 14.7 Å². The monoisotopic (exact) mass is 285 g/mol. The minimum atomic E-state index is -0.860. The van der Waals surface area contributed by atoms with Crippen molar-refractivity contribution in [2.24, 2.45) is 5.92 Å². The smallest absolute Gasteiger partial charge is 0.320 e. The minimum absolute atomic E-state index is 0.0324. The maximum absolute atomic E-state index is 12.6. The summed E-state index contributed by atoms with van der Waals surface area (Å²) in [5.41, 5.74) is 0. The van der Waals surface area contributed by atoms with Crippen molar-refractivity contribution in [1.82, 2.24) is 15.1 Å². The van der Waals surface area contributed by atoms with Crippen LogP contribution in [0.15, 0.2) is 0 Å². The van der Waals surface area contributed by atoms with E-state index in [0.29, 0.717) is 13.1 Å². The number of nitrogens with one attached hydrogen (secondary N) is 1. The number of hydrogen-bond acceptors (Lipinski definition) is 3. The van der Waals surface area contributed by atoms with Gasteiger partial charge in [0, 0.05) is 25.7 Å².